The van der Waals surface area contributed by atoms with E-state index in [4.69, 9.17) is 4.74 Å². The second kappa shape index (κ2) is 7.22. The quantitative estimate of drug-likeness (QED) is 0.791. The molecule has 4 heteroatoms. The number of hydrogen-bond acceptors (Lipinski definition) is 4. The van der Waals surface area contributed by atoms with Gasteiger partial charge in [-0.1, -0.05) is 20.8 Å². The van der Waals surface area contributed by atoms with Crippen molar-refractivity contribution in [1.29, 1.82) is 0 Å². The van der Waals surface area contributed by atoms with Crippen molar-refractivity contribution in [2.75, 3.05) is 13.7 Å². The smallest absolute Gasteiger partial charge is 0.216 e. The Hall–Kier alpha value is -1.16. The van der Waals surface area contributed by atoms with Crippen LogP contribution in [-0.4, -0.2) is 29.7 Å². The Morgan fingerprint density at radius 2 is 2.18 bits per heavy atom. The summed E-state index contributed by atoms with van der Waals surface area (Å²) < 4.78 is 5.13. The van der Waals surface area contributed by atoms with E-state index < -0.39 is 0 Å². The molecular weight excluding hydrogens is 214 g/mol. The average Bonchev–Trinajstić information content (AvgIpc) is 2.39. The largest absolute Gasteiger partial charge is 0.481 e. The van der Waals surface area contributed by atoms with Gasteiger partial charge in [0.1, 0.15) is 5.82 Å². The molecule has 1 N–H and O–H groups in total. The Labute approximate surface area is 104 Å². The van der Waals surface area contributed by atoms with E-state index in [1.807, 2.05) is 0 Å². The van der Waals surface area contributed by atoms with Crippen molar-refractivity contribution in [3.63, 3.8) is 0 Å². The summed E-state index contributed by atoms with van der Waals surface area (Å²) in [5.41, 5.74) is 0. The molecule has 2 atom stereocenters. The molecule has 0 saturated heterocycles. The lowest BCUT2D eigenvalue weighted by Gasteiger charge is -2.22. The van der Waals surface area contributed by atoms with Crippen molar-refractivity contribution in [3.05, 3.63) is 18.1 Å². The zero-order valence-corrected chi connectivity index (χ0v) is 11.2. The Bertz CT molecular complexity index is 330. The fourth-order valence-corrected chi connectivity index (χ4v) is 1.87. The number of ether oxygens (including phenoxy) is 1. The first-order chi connectivity index (χ1) is 8.22. The molecule has 0 spiro atoms. The summed E-state index contributed by atoms with van der Waals surface area (Å²) in [6.07, 6.45) is 3.97. The highest BCUT2D eigenvalue weighted by atomic mass is 16.5. The summed E-state index contributed by atoms with van der Waals surface area (Å²) in [6, 6.07) is 2.19. The number of aromatic nitrogens is 2. The van der Waals surface area contributed by atoms with Crippen LogP contribution in [-0.2, 0) is 0 Å². The third kappa shape index (κ3) is 3.97. The first-order valence-electron chi connectivity index (χ1n) is 6.33. The molecule has 0 aliphatic carbocycles. The summed E-state index contributed by atoms with van der Waals surface area (Å²) in [7, 11) is 1.63. The van der Waals surface area contributed by atoms with Crippen molar-refractivity contribution in [3.8, 4) is 5.88 Å². The lowest BCUT2D eigenvalue weighted by atomic mass is 9.98. The minimum Gasteiger partial charge on any atom is -0.481 e. The second-order valence-corrected chi connectivity index (χ2v) is 4.21. The molecule has 0 aliphatic heterocycles. The van der Waals surface area contributed by atoms with Crippen LogP contribution in [0.4, 0.5) is 0 Å². The number of methoxy groups -OCH3 is 1. The standard InChI is InChI=1S/C13H23N3O/c1-5-8-14-11(6-2)10(3)13-15-9-7-12(16-13)17-4/h7,9-11,14H,5-6,8H2,1-4H3. The molecule has 0 saturated carbocycles. The number of hydrogen-bond donors (Lipinski definition) is 1. The van der Waals surface area contributed by atoms with Crippen LogP contribution in [0.2, 0.25) is 0 Å². The molecule has 17 heavy (non-hydrogen) atoms. The predicted octanol–water partition coefficient (Wildman–Crippen LogP) is 2.37. The van der Waals surface area contributed by atoms with Gasteiger partial charge in [-0.15, -0.1) is 0 Å². The zero-order valence-electron chi connectivity index (χ0n) is 11.2. The van der Waals surface area contributed by atoms with Crippen molar-refractivity contribution >= 4 is 0 Å². The van der Waals surface area contributed by atoms with Crippen LogP contribution in [0.5, 0.6) is 5.88 Å². The maximum absolute atomic E-state index is 5.13. The zero-order chi connectivity index (χ0) is 12.7. The molecule has 4 nitrogen and oxygen atoms in total. The first-order valence-corrected chi connectivity index (χ1v) is 6.33. The maximum atomic E-state index is 5.13. The highest BCUT2D eigenvalue weighted by Crippen LogP contribution is 2.19. The monoisotopic (exact) mass is 237 g/mol. The minimum absolute atomic E-state index is 0.293. The van der Waals surface area contributed by atoms with Gasteiger partial charge < -0.3 is 10.1 Å². The van der Waals surface area contributed by atoms with E-state index in [-0.39, 0.29) is 0 Å². The van der Waals surface area contributed by atoms with E-state index in [1.165, 1.54) is 0 Å². The number of nitrogens with zero attached hydrogens (tertiary/aromatic N) is 2. The maximum Gasteiger partial charge on any atom is 0.216 e. The summed E-state index contributed by atoms with van der Waals surface area (Å²) in [5.74, 6) is 1.77. The van der Waals surface area contributed by atoms with Gasteiger partial charge in [-0.3, -0.25) is 0 Å². The van der Waals surface area contributed by atoms with Crippen LogP contribution in [0.3, 0.4) is 0 Å². The molecule has 1 heterocycles. The second-order valence-electron chi connectivity index (χ2n) is 4.21. The van der Waals surface area contributed by atoms with Crippen molar-refractivity contribution < 1.29 is 4.74 Å². The molecule has 1 rings (SSSR count). The summed E-state index contributed by atoms with van der Waals surface area (Å²) >= 11 is 0. The van der Waals surface area contributed by atoms with Crippen molar-refractivity contribution in [1.82, 2.24) is 15.3 Å². The summed E-state index contributed by atoms with van der Waals surface area (Å²) in [4.78, 5) is 8.73. The van der Waals surface area contributed by atoms with Gasteiger partial charge in [0.2, 0.25) is 5.88 Å². The molecule has 0 radical (unpaired) electrons. The van der Waals surface area contributed by atoms with Gasteiger partial charge in [0.15, 0.2) is 0 Å². The lowest BCUT2D eigenvalue weighted by molar-refractivity contribution is 0.384. The molecule has 0 fully saturated rings. The van der Waals surface area contributed by atoms with E-state index in [0.29, 0.717) is 17.8 Å². The van der Waals surface area contributed by atoms with Crippen molar-refractivity contribution in [2.24, 2.45) is 0 Å². The van der Waals surface area contributed by atoms with E-state index in [9.17, 15) is 0 Å². The third-order valence-electron chi connectivity index (χ3n) is 2.96. The molecule has 0 aliphatic rings. The predicted molar refractivity (Wildman–Crippen MR) is 69.4 cm³/mol. The highest BCUT2D eigenvalue weighted by Gasteiger charge is 2.19. The van der Waals surface area contributed by atoms with Gasteiger partial charge in [0, 0.05) is 24.2 Å². The van der Waals surface area contributed by atoms with Crippen LogP contribution >= 0.6 is 0 Å². The first kappa shape index (κ1) is 13.9. The molecule has 96 valence electrons. The van der Waals surface area contributed by atoms with Gasteiger partial charge in [0.25, 0.3) is 0 Å². The van der Waals surface area contributed by atoms with E-state index in [2.05, 4.69) is 36.1 Å². The van der Waals surface area contributed by atoms with Gasteiger partial charge in [-0.2, -0.15) is 4.98 Å². The lowest BCUT2D eigenvalue weighted by Crippen LogP contribution is -2.34. The van der Waals surface area contributed by atoms with Crippen LogP contribution in [0, 0.1) is 0 Å². The minimum atomic E-state index is 0.293. The molecule has 0 amide bonds. The molecule has 0 bridgehead atoms. The fourth-order valence-electron chi connectivity index (χ4n) is 1.87. The number of nitrogens with one attached hydrogen (secondary N) is 1. The van der Waals surface area contributed by atoms with Crippen LogP contribution in [0.1, 0.15) is 45.4 Å². The third-order valence-corrected chi connectivity index (χ3v) is 2.96. The van der Waals surface area contributed by atoms with E-state index in [1.54, 1.807) is 19.4 Å². The topological polar surface area (TPSA) is 47.0 Å². The fraction of sp³-hybridized carbons (Fsp3) is 0.692. The van der Waals surface area contributed by atoms with Crippen molar-refractivity contribution in [2.45, 2.75) is 45.6 Å². The van der Waals surface area contributed by atoms with Crippen LogP contribution in [0.15, 0.2) is 12.3 Å². The van der Waals surface area contributed by atoms with Crippen LogP contribution in [0.25, 0.3) is 0 Å². The normalized spacial score (nSPS) is 14.4. The Kier molecular flexibility index (Phi) is 5.91. The molecule has 1 aromatic heterocycles. The molecule has 0 aromatic carbocycles. The summed E-state index contributed by atoms with van der Waals surface area (Å²) in [6.45, 7) is 7.55. The Morgan fingerprint density at radius 1 is 1.41 bits per heavy atom. The van der Waals surface area contributed by atoms with Gasteiger partial charge >= 0.3 is 0 Å². The average molecular weight is 237 g/mol. The van der Waals surface area contributed by atoms with Gasteiger partial charge in [-0.05, 0) is 19.4 Å². The Morgan fingerprint density at radius 3 is 2.76 bits per heavy atom. The summed E-state index contributed by atoms with van der Waals surface area (Å²) in [5, 5.41) is 3.53. The van der Waals surface area contributed by atoms with Gasteiger partial charge in [-0.25, -0.2) is 4.98 Å². The molecule has 2 unspecified atom stereocenters. The number of rotatable bonds is 7. The van der Waals surface area contributed by atoms with E-state index in [0.717, 1.165) is 25.2 Å². The van der Waals surface area contributed by atoms with E-state index >= 15 is 0 Å². The van der Waals surface area contributed by atoms with Gasteiger partial charge in [0.05, 0.1) is 7.11 Å². The molecular formula is C13H23N3O. The SMILES string of the molecule is CCCNC(CC)C(C)c1nccc(OC)n1. The Balaban J connectivity index is 2.74. The molecule has 1 aromatic rings. The van der Waals surface area contributed by atoms with Crippen LogP contribution < -0.4 is 10.1 Å². The highest BCUT2D eigenvalue weighted by molar-refractivity contribution is 5.11.